The average molecular weight is 357 g/mol. The van der Waals surface area contributed by atoms with Gasteiger partial charge in [-0.2, -0.15) is 0 Å². The molecule has 27 heavy (non-hydrogen) atoms. The molecule has 0 amide bonds. The van der Waals surface area contributed by atoms with E-state index in [0.717, 1.165) is 18.4 Å². The van der Waals surface area contributed by atoms with Crippen LogP contribution in [0.3, 0.4) is 0 Å². The van der Waals surface area contributed by atoms with Gasteiger partial charge in [0.15, 0.2) is 5.43 Å². The van der Waals surface area contributed by atoms with Gasteiger partial charge in [0.2, 0.25) is 0 Å². The molecule has 0 fully saturated rings. The first-order valence-electron chi connectivity index (χ1n) is 8.93. The molecular formula is C23H19NO3. The Labute approximate surface area is 156 Å². The van der Waals surface area contributed by atoms with E-state index in [1.165, 1.54) is 5.56 Å². The van der Waals surface area contributed by atoms with Crippen LogP contribution in [0.25, 0.3) is 21.8 Å². The van der Waals surface area contributed by atoms with E-state index >= 15 is 0 Å². The van der Waals surface area contributed by atoms with Gasteiger partial charge in [-0.15, -0.1) is 0 Å². The van der Waals surface area contributed by atoms with Crippen molar-refractivity contribution in [3.05, 3.63) is 94.1 Å². The highest BCUT2D eigenvalue weighted by Gasteiger charge is 2.13. The van der Waals surface area contributed by atoms with Crippen molar-refractivity contribution in [2.75, 3.05) is 0 Å². The van der Waals surface area contributed by atoms with Crippen LogP contribution in [-0.4, -0.2) is 15.6 Å². The molecule has 0 bridgehead atoms. The van der Waals surface area contributed by atoms with Crippen LogP contribution in [0.5, 0.6) is 0 Å². The lowest BCUT2D eigenvalue weighted by Crippen LogP contribution is -2.16. The molecular weight excluding hydrogens is 338 g/mol. The molecule has 134 valence electrons. The van der Waals surface area contributed by atoms with Gasteiger partial charge in [0, 0.05) is 10.8 Å². The molecule has 3 aromatic carbocycles. The minimum absolute atomic E-state index is 0.0520. The number of carbonyl (C=O) groups is 1. The fraction of sp³-hybridized carbons (Fsp3) is 0.130. The molecule has 0 atom stereocenters. The monoisotopic (exact) mass is 357 g/mol. The summed E-state index contributed by atoms with van der Waals surface area (Å²) in [4.78, 5) is 24.4. The number of carboxylic acid groups (broad SMARTS) is 1. The van der Waals surface area contributed by atoms with Crippen molar-refractivity contribution in [2.24, 2.45) is 0 Å². The van der Waals surface area contributed by atoms with Gasteiger partial charge in [-0.1, -0.05) is 48.5 Å². The summed E-state index contributed by atoms with van der Waals surface area (Å²) in [5.41, 5.74) is 3.57. The number of aryl methyl sites for hydroxylation is 2. The third kappa shape index (κ3) is 3.34. The number of hydrogen-bond acceptors (Lipinski definition) is 2. The SMILES string of the molecule is O=C(O)Cn1c2ccccc2c(=O)c2cc(CCc3ccccc3)ccc21. The standard InChI is InChI=1S/C23H19NO3/c25-22(26)15-24-20-9-5-4-8-18(20)23(27)19-14-17(12-13-21(19)24)11-10-16-6-2-1-3-7-16/h1-9,12-14H,10-11,15H2,(H,25,26). The summed E-state index contributed by atoms with van der Waals surface area (Å²) in [5, 5.41) is 10.4. The summed E-state index contributed by atoms with van der Waals surface area (Å²) in [6.45, 7) is -0.180. The molecule has 4 aromatic rings. The van der Waals surface area contributed by atoms with Crippen LogP contribution in [0.2, 0.25) is 0 Å². The number of fused-ring (bicyclic) bond motifs is 2. The number of nitrogens with zero attached hydrogens (tertiary/aromatic N) is 1. The maximum absolute atomic E-state index is 13.0. The Bertz CT molecular complexity index is 1190. The number of hydrogen-bond donors (Lipinski definition) is 1. The summed E-state index contributed by atoms with van der Waals surface area (Å²) >= 11 is 0. The van der Waals surface area contributed by atoms with Gasteiger partial charge in [-0.25, -0.2) is 0 Å². The summed E-state index contributed by atoms with van der Waals surface area (Å²) in [6, 6.07) is 23.2. The summed E-state index contributed by atoms with van der Waals surface area (Å²) < 4.78 is 1.70. The number of carboxylic acids is 1. The second-order valence-electron chi connectivity index (χ2n) is 6.66. The molecule has 4 heteroatoms. The summed E-state index contributed by atoms with van der Waals surface area (Å²) in [7, 11) is 0. The van der Waals surface area contributed by atoms with E-state index in [-0.39, 0.29) is 12.0 Å². The molecule has 0 saturated heterocycles. The van der Waals surface area contributed by atoms with Crippen molar-refractivity contribution in [3.8, 4) is 0 Å². The van der Waals surface area contributed by atoms with Crippen molar-refractivity contribution in [1.82, 2.24) is 4.57 Å². The first kappa shape index (κ1) is 17.0. The summed E-state index contributed by atoms with van der Waals surface area (Å²) in [6.07, 6.45) is 1.72. The third-order valence-corrected chi connectivity index (χ3v) is 4.87. The topological polar surface area (TPSA) is 59.3 Å². The van der Waals surface area contributed by atoms with Gasteiger partial charge in [0.05, 0.1) is 11.0 Å². The van der Waals surface area contributed by atoms with Crippen LogP contribution in [0.1, 0.15) is 11.1 Å². The van der Waals surface area contributed by atoms with Gasteiger partial charge >= 0.3 is 5.97 Å². The van der Waals surface area contributed by atoms with Gasteiger partial charge in [-0.05, 0) is 48.2 Å². The Balaban J connectivity index is 1.83. The highest BCUT2D eigenvalue weighted by molar-refractivity contribution is 5.94. The molecule has 0 radical (unpaired) electrons. The Morgan fingerprint density at radius 3 is 2.22 bits per heavy atom. The van der Waals surface area contributed by atoms with Gasteiger partial charge in [0.1, 0.15) is 6.54 Å². The molecule has 1 heterocycles. The molecule has 1 N–H and O–H groups in total. The van der Waals surface area contributed by atoms with E-state index in [4.69, 9.17) is 0 Å². The fourth-order valence-corrected chi connectivity index (χ4v) is 3.57. The highest BCUT2D eigenvalue weighted by Crippen LogP contribution is 2.21. The number of para-hydroxylation sites is 1. The van der Waals surface area contributed by atoms with Crippen molar-refractivity contribution in [1.29, 1.82) is 0 Å². The smallest absolute Gasteiger partial charge is 0.323 e. The number of pyridine rings is 1. The Hall–Kier alpha value is -3.40. The lowest BCUT2D eigenvalue weighted by atomic mass is 10.0. The van der Waals surface area contributed by atoms with Crippen LogP contribution >= 0.6 is 0 Å². The van der Waals surface area contributed by atoms with E-state index in [2.05, 4.69) is 12.1 Å². The second kappa shape index (κ2) is 7.08. The highest BCUT2D eigenvalue weighted by atomic mass is 16.4. The zero-order valence-electron chi connectivity index (χ0n) is 14.8. The average Bonchev–Trinajstić information content (AvgIpc) is 2.70. The second-order valence-corrected chi connectivity index (χ2v) is 6.66. The fourth-order valence-electron chi connectivity index (χ4n) is 3.57. The van der Waals surface area contributed by atoms with E-state index in [0.29, 0.717) is 21.8 Å². The minimum atomic E-state index is -0.932. The van der Waals surface area contributed by atoms with Crippen molar-refractivity contribution in [3.63, 3.8) is 0 Å². The number of aromatic nitrogens is 1. The van der Waals surface area contributed by atoms with Crippen LogP contribution in [0, 0.1) is 0 Å². The lowest BCUT2D eigenvalue weighted by Gasteiger charge is -2.14. The van der Waals surface area contributed by atoms with Gasteiger partial charge < -0.3 is 9.67 Å². The van der Waals surface area contributed by atoms with E-state index in [1.54, 1.807) is 22.8 Å². The van der Waals surface area contributed by atoms with E-state index < -0.39 is 5.97 Å². The molecule has 0 aliphatic heterocycles. The van der Waals surface area contributed by atoms with E-state index in [1.807, 2.05) is 42.5 Å². The van der Waals surface area contributed by atoms with Crippen LogP contribution in [0.15, 0.2) is 77.6 Å². The lowest BCUT2D eigenvalue weighted by molar-refractivity contribution is -0.137. The molecule has 4 rings (SSSR count). The molecule has 0 aliphatic carbocycles. The van der Waals surface area contributed by atoms with Gasteiger partial charge in [-0.3, -0.25) is 9.59 Å². The Morgan fingerprint density at radius 1 is 0.778 bits per heavy atom. The molecule has 0 aliphatic rings. The number of aliphatic carboxylic acids is 1. The molecule has 4 nitrogen and oxygen atoms in total. The predicted molar refractivity (Wildman–Crippen MR) is 107 cm³/mol. The quantitative estimate of drug-likeness (QED) is 0.549. The molecule has 1 aromatic heterocycles. The first-order valence-corrected chi connectivity index (χ1v) is 8.93. The molecule has 0 spiro atoms. The van der Waals surface area contributed by atoms with Crippen molar-refractivity contribution in [2.45, 2.75) is 19.4 Å². The van der Waals surface area contributed by atoms with E-state index in [9.17, 15) is 14.7 Å². The predicted octanol–water partition coefficient (Wildman–Crippen LogP) is 4.02. The third-order valence-electron chi connectivity index (χ3n) is 4.87. The van der Waals surface area contributed by atoms with Crippen LogP contribution < -0.4 is 5.43 Å². The largest absolute Gasteiger partial charge is 0.480 e. The number of rotatable bonds is 5. The normalized spacial score (nSPS) is 11.1. The first-order chi connectivity index (χ1) is 13.1. The zero-order valence-corrected chi connectivity index (χ0v) is 14.8. The maximum Gasteiger partial charge on any atom is 0.323 e. The number of benzene rings is 3. The summed E-state index contributed by atoms with van der Waals surface area (Å²) in [5.74, 6) is -0.932. The van der Waals surface area contributed by atoms with Crippen LogP contribution in [-0.2, 0) is 24.2 Å². The maximum atomic E-state index is 13.0. The molecule has 0 unspecified atom stereocenters. The molecule has 0 saturated carbocycles. The van der Waals surface area contributed by atoms with Gasteiger partial charge in [0.25, 0.3) is 0 Å². The van der Waals surface area contributed by atoms with Crippen LogP contribution in [0.4, 0.5) is 0 Å². The van der Waals surface area contributed by atoms with Crippen molar-refractivity contribution >= 4 is 27.8 Å². The Morgan fingerprint density at radius 2 is 1.44 bits per heavy atom. The Kier molecular flexibility index (Phi) is 4.47. The zero-order chi connectivity index (χ0) is 18.8. The minimum Gasteiger partial charge on any atom is -0.480 e. The van der Waals surface area contributed by atoms with Crippen molar-refractivity contribution < 1.29 is 9.90 Å².